The smallest absolute Gasteiger partial charge is 0.278 e. The molecule has 1 amide bonds. The van der Waals surface area contributed by atoms with Crippen molar-refractivity contribution in [1.82, 2.24) is 19.7 Å². The number of aryl methyl sites for hydroxylation is 1. The first kappa shape index (κ1) is 11.1. The number of carbonyl (C=O) groups excluding carboxylic acids is 1. The highest BCUT2D eigenvalue weighted by molar-refractivity contribution is 6.05. The van der Waals surface area contributed by atoms with E-state index >= 15 is 0 Å². The van der Waals surface area contributed by atoms with Gasteiger partial charge in [0.25, 0.3) is 5.91 Å². The maximum atomic E-state index is 11.8. The molecule has 7 nitrogen and oxygen atoms in total. The summed E-state index contributed by atoms with van der Waals surface area (Å²) in [5.74, 6) is -0.371. The highest BCUT2D eigenvalue weighted by atomic mass is 16.2. The second-order valence-electron chi connectivity index (χ2n) is 3.37. The van der Waals surface area contributed by atoms with Crippen molar-refractivity contribution in [2.75, 3.05) is 11.1 Å². The van der Waals surface area contributed by atoms with Crippen LogP contribution in [0.25, 0.3) is 0 Å². The molecule has 0 aliphatic rings. The maximum Gasteiger partial charge on any atom is 0.278 e. The van der Waals surface area contributed by atoms with E-state index in [0.29, 0.717) is 17.9 Å². The van der Waals surface area contributed by atoms with Crippen LogP contribution in [0.4, 0.5) is 11.4 Å². The summed E-state index contributed by atoms with van der Waals surface area (Å²) in [5, 5.41) is 6.68. The van der Waals surface area contributed by atoms with E-state index in [9.17, 15) is 4.79 Å². The third-order valence-electron chi connectivity index (χ3n) is 2.15. The van der Waals surface area contributed by atoms with Crippen molar-refractivity contribution in [3.63, 3.8) is 0 Å². The number of carbonyl (C=O) groups is 1. The standard InChI is InChI=1S/C10H12N6O/c1-2-16-5-8(11)9(15-16)10(17)14-7-3-12-6-13-4-7/h3-6H,2,11H2,1H3,(H,14,17). The van der Waals surface area contributed by atoms with Gasteiger partial charge in [0.15, 0.2) is 5.69 Å². The molecule has 0 radical (unpaired) electrons. The normalized spacial score (nSPS) is 10.2. The summed E-state index contributed by atoms with van der Waals surface area (Å²) in [5.41, 5.74) is 6.75. The number of aromatic nitrogens is 4. The van der Waals surface area contributed by atoms with E-state index in [0.717, 1.165) is 0 Å². The topological polar surface area (TPSA) is 98.7 Å². The molecule has 0 bridgehead atoms. The Morgan fingerprint density at radius 2 is 2.18 bits per heavy atom. The minimum Gasteiger partial charge on any atom is -0.396 e. The van der Waals surface area contributed by atoms with Gasteiger partial charge in [-0.1, -0.05) is 0 Å². The zero-order chi connectivity index (χ0) is 12.3. The molecule has 0 aromatic carbocycles. The van der Waals surface area contributed by atoms with E-state index in [-0.39, 0.29) is 11.6 Å². The first-order valence-corrected chi connectivity index (χ1v) is 5.10. The van der Waals surface area contributed by atoms with E-state index in [1.807, 2.05) is 6.92 Å². The average Bonchev–Trinajstić information content (AvgIpc) is 2.72. The number of nitrogen functional groups attached to an aromatic ring is 1. The largest absolute Gasteiger partial charge is 0.396 e. The molecule has 0 unspecified atom stereocenters. The maximum absolute atomic E-state index is 11.8. The van der Waals surface area contributed by atoms with Crippen LogP contribution in [0.3, 0.4) is 0 Å². The molecule has 3 N–H and O–H groups in total. The fraction of sp³-hybridized carbons (Fsp3) is 0.200. The Labute approximate surface area is 97.7 Å². The predicted octanol–water partition coefficient (Wildman–Crippen LogP) is 0.528. The molecule has 2 aromatic rings. The first-order chi connectivity index (χ1) is 8.20. The molecule has 88 valence electrons. The van der Waals surface area contributed by atoms with E-state index in [1.165, 1.54) is 18.7 Å². The molecule has 7 heteroatoms. The lowest BCUT2D eigenvalue weighted by Crippen LogP contribution is -2.15. The number of hydrogen-bond acceptors (Lipinski definition) is 5. The van der Waals surface area contributed by atoms with Gasteiger partial charge in [0.05, 0.1) is 23.8 Å². The van der Waals surface area contributed by atoms with Gasteiger partial charge >= 0.3 is 0 Å². The van der Waals surface area contributed by atoms with Crippen LogP contribution < -0.4 is 11.1 Å². The summed E-state index contributed by atoms with van der Waals surface area (Å²) in [6.07, 6.45) is 6.00. The molecular formula is C10H12N6O. The van der Waals surface area contributed by atoms with Crippen LogP contribution in [-0.2, 0) is 6.54 Å². The first-order valence-electron chi connectivity index (χ1n) is 5.10. The van der Waals surface area contributed by atoms with Gasteiger partial charge in [-0.3, -0.25) is 9.48 Å². The highest BCUT2D eigenvalue weighted by Crippen LogP contribution is 2.11. The van der Waals surface area contributed by atoms with Gasteiger partial charge in [0, 0.05) is 12.7 Å². The van der Waals surface area contributed by atoms with Crippen LogP contribution in [0.5, 0.6) is 0 Å². The Balaban J connectivity index is 2.17. The summed E-state index contributed by atoms with van der Waals surface area (Å²) >= 11 is 0. The lowest BCUT2D eigenvalue weighted by atomic mass is 10.3. The number of anilines is 2. The second-order valence-corrected chi connectivity index (χ2v) is 3.37. The SMILES string of the molecule is CCn1cc(N)c(C(=O)Nc2cncnc2)n1. The molecule has 2 aromatic heterocycles. The average molecular weight is 232 g/mol. The zero-order valence-corrected chi connectivity index (χ0v) is 9.29. The van der Waals surface area contributed by atoms with Gasteiger partial charge in [-0.2, -0.15) is 5.10 Å². The molecule has 0 saturated carbocycles. The Hall–Kier alpha value is -2.44. The Morgan fingerprint density at radius 1 is 1.47 bits per heavy atom. The quantitative estimate of drug-likeness (QED) is 0.804. The minimum absolute atomic E-state index is 0.204. The van der Waals surface area contributed by atoms with Gasteiger partial charge < -0.3 is 11.1 Å². The number of nitrogens with two attached hydrogens (primary N) is 1. The summed E-state index contributed by atoms with van der Waals surface area (Å²) in [4.78, 5) is 19.4. The lowest BCUT2D eigenvalue weighted by Gasteiger charge is -2.01. The molecule has 0 atom stereocenters. The van der Waals surface area contributed by atoms with Crippen molar-refractivity contribution >= 4 is 17.3 Å². The summed E-state index contributed by atoms with van der Waals surface area (Å²) in [6.45, 7) is 2.57. The van der Waals surface area contributed by atoms with Crippen molar-refractivity contribution in [3.8, 4) is 0 Å². The van der Waals surface area contributed by atoms with Crippen molar-refractivity contribution < 1.29 is 4.79 Å². The molecule has 0 aliphatic heterocycles. The zero-order valence-electron chi connectivity index (χ0n) is 9.29. The predicted molar refractivity (Wildman–Crippen MR) is 62.3 cm³/mol. The monoisotopic (exact) mass is 232 g/mol. The third kappa shape index (κ3) is 2.39. The van der Waals surface area contributed by atoms with Crippen molar-refractivity contribution in [3.05, 3.63) is 30.6 Å². The molecule has 0 aliphatic carbocycles. The van der Waals surface area contributed by atoms with Gasteiger partial charge in [0.2, 0.25) is 0 Å². The second kappa shape index (κ2) is 4.60. The van der Waals surface area contributed by atoms with Crippen molar-refractivity contribution in [1.29, 1.82) is 0 Å². The van der Waals surface area contributed by atoms with Crippen LogP contribution in [0.2, 0.25) is 0 Å². The van der Waals surface area contributed by atoms with Crippen LogP contribution in [-0.4, -0.2) is 25.7 Å². The number of nitrogens with zero attached hydrogens (tertiary/aromatic N) is 4. The Morgan fingerprint density at radius 3 is 2.76 bits per heavy atom. The molecule has 17 heavy (non-hydrogen) atoms. The highest BCUT2D eigenvalue weighted by Gasteiger charge is 2.14. The number of nitrogens with one attached hydrogen (secondary N) is 1. The minimum atomic E-state index is -0.371. The van der Waals surface area contributed by atoms with Gasteiger partial charge in [-0.25, -0.2) is 9.97 Å². The molecule has 2 rings (SSSR count). The van der Waals surface area contributed by atoms with Crippen LogP contribution in [0, 0.1) is 0 Å². The van der Waals surface area contributed by atoms with E-state index in [2.05, 4.69) is 20.4 Å². The summed E-state index contributed by atoms with van der Waals surface area (Å²) in [7, 11) is 0. The van der Waals surface area contributed by atoms with Crippen molar-refractivity contribution in [2.24, 2.45) is 0 Å². The number of hydrogen-bond donors (Lipinski definition) is 2. The fourth-order valence-electron chi connectivity index (χ4n) is 1.33. The van der Waals surface area contributed by atoms with Gasteiger partial charge in [-0.15, -0.1) is 0 Å². The Bertz CT molecular complexity index is 521. The molecular weight excluding hydrogens is 220 g/mol. The fourth-order valence-corrected chi connectivity index (χ4v) is 1.33. The van der Waals surface area contributed by atoms with Gasteiger partial charge in [0.1, 0.15) is 6.33 Å². The lowest BCUT2D eigenvalue weighted by molar-refractivity contribution is 0.102. The molecule has 0 fully saturated rings. The molecule has 2 heterocycles. The number of rotatable bonds is 3. The number of amides is 1. The Kier molecular flexibility index (Phi) is 2.99. The van der Waals surface area contributed by atoms with Gasteiger partial charge in [-0.05, 0) is 6.92 Å². The molecule has 0 spiro atoms. The van der Waals surface area contributed by atoms with E-state index in [4.69, 9.17) is 5.73 Å². The van der Waals surface area contributed by atoms with E-state index < -0.39 is 0 Å². The molecule has 0 saturated heterocycles. The summed E-state index contributed by atoms with van der Waals surface area (Å²) in [6, 6.07) is 0. The third-order valence-corrected chi connectivity index (χ3v) is 2.15. The van der Waals surface area contributed by atoms with E-state index in [1.54, 1.807) is 10.9 Å². The van der Waals surface area contributed by atoms with Crippen LogP contribution in [0.1, 0.15) is 17.4 Å². The summed E-state index contributed by atoms with van der Waals surface area (Å²) < 4.78 is 1.60. The van der Waals surface area contributed by atoms with Crippen molar-refractivity contribution in [2.45, 2.75) is 13.5 Å². The van der Waals surface area contributed by atoms with Crippen LogP contribution >= 0.6 is 0 Å². The van der Waals surface area contributed by atoms with Crippen LogP contribution in [0.15, 0.2) is 24.9 Å².